The molecule has 120 valence electrons. The van der Waals surface area contributed by atoms with Crippen LogP contribution in [-0.2, 0) is 9.53 Å². The summed E-state index contributed by atoms with van der Waals surface area (Å²) in [5, 5.41) is 12.5. The molecule has 2 N–H and O–H groups in total. The number of hydrogen-bond acceptors (Lipinski definition) is 5. The molecule has 1 unspecified atom stereocenters. The van der Waals surface area contributed by atoms with Gasteiger partial charge >= 0.3 is 5.97 Å². The lowest BCUT2D eigenvalue weighted by Crippen LogP contribution is -2.30. The van der Waals surface area contributed by atoms with Crippen molar-refractivity contribution in [2.45, 2.75) is 20.0 Å². The van der Waals surface area contributed by atoms with Crippen LogP contribution in [0.2, 0.25) is 5.15 Å². The number of rotatable bonds is 4. The molecule has 1 atom stereocenters. The number of aromatic hydroxyl groups is 1. The van der Waals surface area contributed by atoms with Gasteiger partial charge in [0.25, 0.3) is 5.91 Å². The van der Waals surface area contributed by atoms with E-state index in [0.717, 1.165) is 0 Å². The molecule has 7 heteroatoms. The lowest BCUT2D eigenvalue weighted by molar-refractivity contribution is -0.123. The Morgan fingerprint density at radius 3 is 2.74 bits per heavy atom. The minimum Gasteiger partial charge on any atom is -0.507 e. The molecule has 1 amide bonds. The standard InChI is InChI=1S/C16H15ClN2O4/c1-9-5-3-6-11(13(9)20)16(22)23-10(2)15(21)19-12-7-4-8-18-14(12)17/h3-8,10,20H,1-2H3,(H,19,21). The molecule has 1 aromatic heterocycles. The Labute approximate surface area is 138 Å². The van der Waals surface area contributed by atoms with Crippen molar-refractivity contribution in [2.24, 2.45) is 0 Å². The topological polar surface area (TPSA) is 88.5 Å². The van der Waals surface area contributed by atoms with Crippen LogP contribution in [0.4, 0.5) is 5.69 Å². The SMILES string of the molecule is Cc1cccc(C(=O)OC(C)C(=O)Nc2cccnc2Cl)c1O. The van der Waals surface area contributed by atoms with Gasteiger partial charge in [-0.05, 0) is 37.6 Å². The zero-order chi connectivity index (χ0) is 17.0. The number of aryl methyl sites for hydroxylation is 1. The number of amides is 1. The highest BCUT2D eigenvalue weighted by Crippen LogP contribution is 2.23. The van der Waals surface area contributed by atoms with Crippen molar-refractivity contribution in [3.8, 4) is 5.75 Å². The minimum absolute atomic E-state index is 0.00376. The first-order valence-electron chi connectivity index (χ1n) is 6.81. The van der Waals surface area contributed by atoms with Crippen LogP contribution in [0.25, 0.3) is 0 Å². The van der Waals surface area contributed by atoms with Gasteiger partial charge in [0.05, 0.1) is 5.69 Å². The summed E-state index contributed by atoms with van der Waals surface area (Å²) in [6.07, 6.45) is 0.417. The summed E-state index contributed by atoms with van der Waals surface area (Å²) in [6.45, 7) is 3.08. The molecule has 0 aliphatic rings. The van der Waals surface area contributed by atoms with Crippen molar-refractivity contribution >= 4 is 29.2 Å². The van der Waals surface area contributed by atoms with Gasteiger partial charge in [-0.3, -0.25) is 4.79 Å². The summed E-state index contributed by atoms with van der Waals surface area (Å²) in [7, 11) is 0. The number of esters is 1. The molecular weight excluding hydrogens is 320 g/mol. The van der Waals surface area contributed by atoms with E-state index >= 15 is 0 Å². The number of nitrogens with zero attached hydrogens (tertiary/aromatic N) is 1. The third-order valence-corrected chi connectivity index (χ3v) is 3.43. The molecule has 0 aliphatic carbocycles. The van der Waals surface area contributed by atoms with Crippen molar-refractivity contribution in [3.05, 3.63) is 52.8 Å². The number of anilines is 1. The average molecular weight is 335 g/mol. The molecule has 0 spiro atoms. The number of halogens is 1. The Morgan fingerprint density at radius 2 is 2.04 bits per heavy atom. The third-order valence-electron chi connectivity index (χ3n) is 3.13. The zero-order valence-corrected chi connectivity index (χ0v) is 13.3. The Balaban J connectivity index is 2.05. The van der Waals surface area contributed by atoms with E-state index in [4.69, 9.17) is 16.3 Å². The normalized spacial score (nSPS) is 11.6. The average Bonchev–Trinajstić information content (AvgIpc) is 2.52. The van der Waals surface area contributed by atoms with Gasteiger partial charge in [0.15, 0.2) is 11.3 Å². The van der Waals surface area contributed by atoms with Crippen molar-refractivity contribution in [3.63, 3.8) is 0 Å². The van der Waals surface area contributed by atoms with Gasteiger partial charge < -0.3 is 15.2 Å². The molecule has 0 aliphatic heterocycles. The number of pyridine rings is 1. The number of aromatic nitrogens is 1. The number of benzene rings is 1. The predicted octanol–water partition coefficient (Wildman–Crippen LogP) is 2.93. The van der Waals surface area contributed by atoms with Crippen molar-refractivity contribution < 1.29 is 19.4 Å². The number of carbonyl (C=O) groups excluding carboxylic acids is 2. The molecule has 0 radical (unpaired) electrons. The van der Waals surface area contributed by atoms with Gasteiger partial charge in [-0.15, -0.1) is 0 Å². The molecule has 0 bridgehead atoms. The summed E-state index contributed by atoms with van der Waals surface area (Å²) < 4.78 is 5.07. The fraction of sp³-hybridized carbons (Fsp3) is 0.188. The summed E-state index contributed by atoms with van der Waals surface area (Å²) in [5.74, 6) is -1.51. The second kappa shape index (κ2) is 7.11. The summed E-state index contributed by atoms with van der Waals surface area (Å²) in [6, 6.07) is 7.89. The van der Waals surface area contributed by atoms with Crippen LogP contribution in [0.1, 0.15) is 22.8 Å². The predicted molar refractivity (Wildman–Crippen MR) is 85.6 cm³/mol. The number of ether oxygens (including phenoxy) is 1. The van der Waals surface area contributed by atoms with Crippen LogP contribution in [0.3, 0.4) is 0 Å². The van der Waals surface area contributed by atoms with Crippen molar-refractivity contribution in [1.29, 1.82) is 0 Å². The van der Waals surface area contributed by atoms with Crippen molar-refractivity contribution in [1.82, 2.24) is 4.98 Å². The summed E-state index contributed by atoms with van der Waals surface area (Å²) >= 11 is 5.85. The van der Waals surface area contributed by atoms with Gasteiger partial charge in [0.1, 0.15) is 11.3 Å². The smallest absolute Gasteiger partial charge is 0.342 e. The third kappa shape index (κ3) is 3.98. The maximum atomic E-state index is 12.1. The maximum Gasteiger partial charge on any atom is 0.342 e. The van der Waals surface area contributed by atoms with Crippen molar-refractivity contribution in [2.75, 3.05) is 5.32 Å². The molecule has 0 saturated carbocycles. The highest BCUT2D eigenvalue weighted by atomic mass is 35.5. The fourth-order valence-corrected chi connectivity index (χ4v) is 1.98. The Kier molecular flexibility index (Phi) is 5.18. The number of para-hydroxylation sites is 1. The minimum atomic E-state index is -1.07. The Hall–Kier alpha value is -2.60. The van der Waals surface area contributed by atoms with Crippen LogP contribution in [0.5, 0.6) is 5.75 Å². The second-order valence-corrected chi connectivity index (χ2v) is 5.21. The molecule has 6 nitrogen and oxygen atoms in total. The van der Waals surface area contributed by atoms with Gasteiger partial charge in [-0.25, -0.2) is 9.78 Å². The zero-order valence-electron chi connectivity index (χ0n) is 12.5. The van der Waals surface area contributed by atoms with Crippen LogP contribution in [-0.4, -0.2) is 28.1 Å². The fourth-order valence-electron chi connectivity index (χ4n) is 1.81. The molecule has 23 heavy (non-hydrogen) atoms. The van der Waals surface area contributed by atoms with Gasteiger partial charge in [-0.1, -0.05) is 23.7 Å². The monoisotopic (exact) mass is 334 g/mol. The van der Waals surface area contributed by atoms with E-state index < -0.39 is 18.0 Å². The van der Waals surface area contributed by atoms with Crippen LogP contribution >= 0.6 is 11.6 Å². The van der Waals surface area contributed by atoms with Crippen LogP contribution in [0, 0.1) is 6.92 Å². The first kappa shape index (κ1) is 16.8. The molecular formula is C16H15ClN2O4. The van der Waals surface area contributed by atoms with Crippen LogP contribution in [0.15, 0.2) is 36.5 Å². The molecule has 2 aromatic rings. The summed E-state index contributed by atoms with van der Waals surface area (Å²) in [4.78, 5) is 27.9. The Morgan fingerprint density at radius 1 is 1.30 bits per heavy atom. The van der Waals surface area contributed by atoms with E-state index in [1.165, 1.54) is 19.2 Å². The quantitative estimate of drug-likeness (QED) is 0.663. The van der Waals surface area contributed by atoms with E-state index in [1.54, 1.807) is 31.2 Å². The van der Waals surface area contributed by atoms with E-state index in [9.17, 15) is 14.7 Å². The second-order valence-electron chi connectivity index (χ2n) is 4.85. The van der Waals surface area contributed by atoms with E-state index in [2.05, 4.69) is 10.3 Å². The number of hydrogen-bond donors (Lipinski definition) is 2. The number of phenolic OH excluding ortho intramolecular Hbond substituents is 1. The molecule has 1 heterocycles. The largest absolute Gasteiger partial charge is 0.507 e. The number of phenols is 1. The summed E-state index contributed by atoms with van der Waals surface area (Å²) in [5.41, 5.74) is 0.864. The van der Waals surface area contributed by atoms with E-state index in [0.29, 0.717) is 11.3 Å². The van der Waals surface area contributed by atoms with E-state index in [-0.39, 0.29) is 16.5 Å². The lowest BCUT2D eigenvalue weighted by atomic mass is 10.1. The lowest BCUT2D eigenvalue weighted by Gasteiger charge is -2.14. The van der Waals surface area contributed by atoms with Crippen LogP contribution < -0.4 is 5.32 Å². The first-order chi connectivity index (χ1) is 10.9. The van der Waals surface area contributed by atoms with Gasteiger partial charge in [0, 0.05) is 6.20 Å². The highest BCUT2D eigenvalue weighted by Gasteiger charge is 2.22. The maximum absolute atomic E-state index is 12.1. The molecule has 0 fully saturated rings. The Bertz CT molecular complexity index is 749. The van der Waals surface area contributed by atoms with E-state index in [1.807, 2.05) is 0 Å². The molecule has 0 saturated heterocycles. The van der Waals surface area contributed by atoms with Gasteiger partial charge in [-0.2, -0.15) is 0 Å². The highest BCUT2D eigenvalue weighted by molar-refractivity contribution is 6.32. The number of carbonyl (C=O) groups is 2. The molecule has 2 rings (SSSR count). The van der Waals surface area contributed by atoms with Gasteiger partial charge in [0.2, 0.25) is 0 Å². The molecule has 1 aromatic carbocycles. The first-order valence-corrected chi connectivity index (χ1v) is 7.19. The number of nitrogens with one attached hydrogen (secondary N) is 1.